The molecule has 8 nitrogen and oxygen atoms in total. The Labute approximate surface area is 122 Å². The van der Waals surface area contributed by atoms with Gasteiger partial charge in [0.2, 0.25) is 10.1 Å². The van der Waals surface area contributed by atoms with Crippen LogP contribution in [-0.4, -0.2) is 52.0 Å². The average molecular weight is 335 g/mol. The Morgan fingerprint density at radius 1 is 1.37 bits per heavy atom. The topological polar surface area (TPSA) is 115 Å². The van der Waals surface area contributed by atoms with Crippen molar-refractivity contribution in [3.05, 3.63) is 0 Å². The van der Waals surface area contributed by atoms with E-state index in [1.807, 2.05) is 5.43 Å². The number of carbonyl (C=O) groups is 1. The maximum absolute atomic E-state index is 10.4. The normalized spacial score (nSPS) is 38.6. The Hall–Kier alpha value is -0.350. The molecule has 2 aliphatic rings. The van der Waals surface area contributed by atoms with Gasteiger partial charge in [-0.3, -0.25) is 0 Å². The van der Waals surface area contributed by atoms with Gasteiger partial charge in [-0.2, -0.15) is 5.10 Å². The number of alkyl halides is 3. The van der Waals surface area contributed by atoms with Crippen molar-refractivity contribution in [1.82, 2.24) is 5.43 Å². The number of nitrogens with one attached hydrogen (secondary N) is 1. The molecule has 0 unspecified atom stereocenters. The highest BCUT2D eigenvalue weighted by Crippen LogP contribution is 2.41. The van der Waals surface area contributed by atoms with Crippen LogP contribution in [0.2, 0.25) is 0 Å². The van der Waals surface area contributed by atoms with Crippen molar-refractivity contribution in [3.8, 4) is 0 Å². The van der Waals surface area contributed by atoms with Gasteiger partial charge in [0.25, 0.3) is 0 Å². The molecular formula is C8H10Cl3N3O5. The summed E-state index contributed by atoms with van der Waals surface area (Å²) in [7, 11) is 0. The van der Waals surface area contributed by atoms with Crippen LogP contribution in [0.15, 0.2) is 5.10 Å². The molecule has 2 rings (SSSR count). The maximum atomic E-state index is 10.4. The summed E-state index contributed by atoms with van der Waals surface area (Å²) >= 11 is 16.8. The summed E-state index contributed by atoms with van der Waals surface area (Å²) in [5.74, 6) is 0. The van der Waals surface area contributed by atoms with Crippen molar-refractivity contribution in [2.24, 2.45) is 10.8 Å². The Morgan fingerprint density at radius 3 is 2.58 bits per heavy atom. The van der Waals surface area contributed by atoms with Crippen LogP contribution in [0.5, 0.6) is 0 Å². The molecule has 19 heavy (non-hydrogen) atoms. The van der Waals surface area contributed by atoms with Crippen LogP contribution in [0.25, 0.3) is 0 Å². The van der Waals surface area contributed by atoms with E-state index >= 15 is 0 Å². The van der Waals surface area contributed by atoms with E-state index in [0.29, 0.717) is 0 Å². The molecule has 2 saturated heterocycles. The highest BCUT2D eigenvalue weighted by molar-refractivity contribution is 6.67. The Balaban J connectivity index is 1.93. The number of nitrogens with two attached hydrogens (primary N) is 1. The minimum atomic E-state index is -1.79. The monoisotopic (exact) mass is 333 g/mol. The number of fused-ring (bicyclic) bond motifs is 1. The first-order valence-electron chi connectivity index (χ1n) is 5.09. The lowest BCUT2D eigenvalue weighted by molar-refractivity contribution is -0.152. The number of hydrogen-bond donors (Lipinski definition) is 3. The predicted octanol–water partition coefficient (Wildman–Crippen LogP) is -0.162. The molecule has 0 saturated carbocycles. The number of carbonyl (C=O) groups excluding carboxylic acids is 1. The van der Waals surface area contributed by atoms with Gasteiger partial charge in [0.05, 0.1) is 6.21 Å². The van der Waals surface area contributed by atoms with Crippen LogP contribution in [0, 0.1) is 0 Å². The van der Waals surface area contributed by atoms with E-state index in [9.17, 15) is 9.90 Å². The lowest BCUT2D eigenvalue weighted by Crippen LogP contribution is -2.36. The number of urea groups is 1. The summed E-state index contributed by atoms with van der Waals surface area (Å²) in [5.41, 5.74) is 6.77. The molecule has 108 valence electrons. The molecule has 4 N–H and O–H groups in total. The molecular weight excluding hydrogens is 324 g/mol. The van der Waals surface area contributed by atoms with Crippen LogP contribution in [0.4, 0.5) is 4.79 Å². The molecule has 2 aliphatic heterocycles. The van der Waals surface area contributed by atoms with Gasteiger partial charge in [-0.15, -0.1) is 0 Å². The standard InChI is InChI=1S/C8H10Cl3N3O5/c9-8(10,11)6-18-4-3(15)2(17-5(4)19-6)1-13-14-7(12)16/h1-6,15H,(H3,12,14,16)/b13-1+/t2-,3-,4+,5+,6-/m0/s1. The zero-order valence-electron chi connectivity index (χ0n) is 9.20. The third kappa shape index (κ3) is 3.40. The number of halogens is 3. The summed E-state index contributed by atoms with van der Waals surface area (Å²) in [4.78, 5) is 10.4. The zero-order chi connectivity index (χ0) is 14.2. The van der Waals surface area contributed by atoms with Crippen LogP contribution in [0.3, 0.4) is 0 Å². The highest BCUT2D eigenvalue weighted by atomic mass is 35.6. The van der Waals surface area contributed by atoms with Gasteiger partial charge >= 0.3 is 6.03 Å². The van der Waals surface area contributed by atoms with Crippen molar-refractivity contribution < 1.29 is 24.1 Å². The predicted molar refractivity (Wildman–Crippen MR) is 65.9 cm³/mol. The second kappa shape index (κ2) is 5.57. The van der Waals surface area contributed by atoms with Gasteiger partial charge in [0, 0.05) is 0 Å². The van der Waals surface area contributed by atoms with Gasteiger partial charge in [0.1, 0.15) is 18.3 Å². The number of rotatable bonds is 2. The minimum Gasteiger partial charge on any atom is -0.387 e. The third-order valence-electron chi connectivity index (χ3n) is 2.43. The number of aliphatic hydroxyl groups excluding tert-OH is 1. The molecule has 0 bridgehead atoms. The quantitative estimate of drug-likeness (QED) is 0.369. The molecule has 11 heteroatoms. The number of hydrazone groups is 1. The molecule has 0 aliphatic carbocycles. The number of primary amides is 1. The fraction of sp³-hybridized carbons (Fsp3) is 0.750. The summed E-state index contributed by atoms with van der Waals surface area (Å²) < 4.78 is 14.0. The number of ether oxygens (including phenoxy) is 3. The average Bonchev–Trinajstić information content (AvgIpc) is 2.79. The van der Waals surface area contributed by atoms with Crippen molar-refractivity contribution in [1.29, 1.82) is 0 Å². The second-order valence-corrected chi connectivity index (χ2v) is 6.19. The van der Waals surface area contributed by atoms with Crippen LogP contribution in [-0.2, 0) is 14.2 Å². The molecule has 5 atom stereocenters. The molecule has 2 heterocycles. The van der Waals surface area contributed by atoms with Crippen molar-refractivity contribution >= 4 is 47.0 Å². The molecule has 0 radical (unpaired) electrons. The largest absolute Gasteiger partial charge is 0.387 e. The van der Waals surface area contributed by atoms with Gasteiger partial charge in [-0.25, -0.2) is 10.2 Å². The maximum Gasteiger partial charge on any atom is 0.332 e. The lowest BCUT2D eigenvalue weighted by atomic mass is 10.1. The van der Waals surface area contributed by atoms with E-state index in [0.717, 1.165) is 6.21 Å². The number of nitrogens with zero attached hydrogens (tertiary/aromatic N) is 1. The first-order valence-corrected chi connectivity index (χ1v) is 6.22. The lowest BCUT2D eigenvalue weighted by Gasteiger charge is -2.21. The zero-order valence-corrected chi connectivity index (χ0v) is 11.5. The van der Waals surface area contributed by atoms with Crippen molar-refractivity contribution in [3.63, 3.8) is 0 Å². The first kappa shape index (κ1) is 15.0. The van der Waals surface area contributed by atoms with Gasteiger partial charge in [0.15, 0.2) is 6.29 Å². The van der Waals surface area contributed by atoms with Crippen LogP contribution in [0.1, 0.15) is 0 Å². The Morgan fingerprint density at radius 2 is 2.05 bits per heavy atom. The van der Waals surface area contributed by atoms with Gasteiger partial charge in [-0.1, -0.05) is 34.8 Å². The molecule has 0 aromatic heterocycles. The third-order valence-corrected chi connectivity index (χ3v) is 2.97. The Kier molecular flexibility index (Phi) is 4.41. The van der Waals surface area contributed by atoms with Crippen molar-refractivity contribution in [2.75, 3.05) is 0 Å². The fourth-order valence-corrected chi connectivity index (χ4v) is 1.97. The summed E-state index contributed by atoms with van der Waals surface area (Å²) in [6.07, 6.45) is -3.60. The van der Waals surface area contributed by atoms with E-state index in [4.69, 9.17) is 54.7 Å². The van der Waals surface area contributed by atoms with E-state index < -0.39 is 40.7 Å². The minimum absolute atomic E-state index is 0.814. The summed E-state index contributed by atoms with van der Waals surface area (Å²) in [6, 6.07) is -0.840. The molecule has 0 aromatic rings. The second-order valence-electron chi connectivity index (χ2n) is 3.82. The number of aliphatic hydroxyl groups is 1. The SMILES string of the molecule is NC(=O)N/N=C/[C@@H]1O[C@@H]2O[C@@H](C(Cl)(Cl)Cl)O[C@@H]2[C@H]1O. The van der Waals surface area contributed by atoms with Gasteiger partial charge in [-0.05, 0) is 0 Å². The number of amides is 2. The van der Waals surface area contributed by atoms with Gasteiger partial charge < -0.3 is 25.1 Å². The number of hydrogen-bond acceptors (Lipinski definition) is 6. The first-order chi connectivity index (χ1) is 8.79. The highest BCUT2D eigenvalue weighted by Gasteiger charge is 2.55. The van der Waals surface area contributed by atoms with E-state index in [1.54, 1.807) is 0 Å². The van der Waals surface area contributed by atoms with Crippen molar-refractivity contribution in [2.45, 2.75) is 34.7 Å². The smallest absolute Gasteiger partial charge is 0.332 e. The fourth-order valence-electron chi connectivity index (χ4n) is 1.66. The van der Waals surface area contributed by atoms with Crippen LogP contribution >= 0.6 is 34.8 Å². The summed E-state index contributed by atoms with van der Waals surface area (Å²) in [5, 5.41) is 13.4. The van der Waals surface area contributed by atoms with E-state index in [1.165, 1.54) is 0 Å². The molecule has 0 aromatic carbocycles. The van der Waals surface area contributed by atoms with Crippen LogP contribution < -0.4 is 11.2 Å². The molecule has 0 spiro atoms. The van der Waals surface area contributed by atoms with E-state index in [-0.39, 0.29) is 0 Å². The molecule has 2 fully saturated rings. The molecule has 2 amide bonds. The Bertz CT molecular complexity index is 390. The van der Waals surface area contributed by atoms with E-state index in [2.05, 4.69) is 5.10 Å². The summed E-state index contributed by atoms with van der Waals surface area (Å²) in [6.45, 7) is 0.